The van der Waals surface area contributed by atoms with E-state index in [4.69, 9.17) is 0 Å². The van der Waals surface area contributed by atoms with Crippen molar-refractivity contribution >= 4 is 5.96 Å². The summed E-state index contributed by atoms with van der Waals surface area (Å²) in [6, 6.07) is 11.2. The Morgan fingerprint density at radius 2 is 2.03 bits per heavy atom. The molecule has 3 rings (SSSR count). The molecule has 1 aliphatic rings. The van der Waals surface area contributed by atoms with Crippen molar-refractivity contribution in [2.45, 2.75) is 70.6 Å². The first-order chi connectivity index (χ1) is 14.1. The van der Waals surface area contributed by atoms with Crippen LogP contribution in [0.25, 0.3) is 0 Å². The van der Waals surface area contributed by atoms with E-state index in [9.17, 15) is 0 Å². The Kier molecular flexibility index (Phi) is 7.25. The average Bonchev–Trinajstić information content (AvgIpc) is 3.24. The van der Waals surface area contributed by atoms with E-state index in [2.05, 4.69) is 82.1 Å². The summed E-state index contributed by atoms with van der Waals surface area (Å²) < 4.78 is 1.99. The number of hydrogen-bond acceptors (Lipinski definition) is 4. The van der Waals surface area contributed by atoms with Gasteiger partial charge in [0.1, 0.15) is 12.2 Å². The van der Waals surface area contributed by atoms with Gasteiger partial charge in [-0.15, -0.1) is 0 Å². The summed E-state index contributed by atoms with van der Waals surface area (Å²) >= 11 is 0. The molecule has 29 heavy (non-hydrogen) atoms. The van der Waals surface area contributed by atoms with Gasteiger partial charge in [-0.3, -0.25) is 4.99 Å². The van der Waals surface area contributed by atoms with Gasteiger partial charge in [0.25, 0.3) is 0 Å². The zero-order chi connectivity index (χ0) is 20.7. The number of nitrogens with zero attached hydrogens (tertiary/aromatic N) is 4. The van der Waals surface area contributed by atoms with Crippen LogP contribution in [0.15, 0.2) is 41.7 Å². The minimum Gasteiger partial charge on any atom is -0.355 e. The Bertz CT molecular complexity index is 779. The molecule has 2 atom stereocenters. The highest BCUT2D eigenvalue weighted by Gasteiger charge is 2.29. The summed E-state index contributed by atoms with van der Waals surface area (Å²) in [7, 11) is 1.83. The van der Waals surface area contributed by atoms with Crippen molar-refractivity contribution in [1.82, 2.24) is 30.7 Å². The average molecular weight is 398 g/mol. The Labute approximate surface area is 174 Å². The van der Waals surface area contributed by atoms with Crippen molar-refractivity contribution in [2.75, 3.05) is 13.6 Å². The number of rotatable bonds is 8. The van der Waals surface area contributed by atoms with E-state index < -0.39 is 0 Å². The molecule has 158 valence electrons. The third-order valence-corrected chi connectivity index (χ3v) is 6.14. The van der Waals surface area contributed by atoms with Crippen molar-refractivity contribution in [3.63, 3.8) is 0 Å². The van der Waals surface area contributed by atoms with E-state index in [1.54, 1.807) is 6.33 Å². The van der Waals surface area contributed by atoms with Crippen LogP contribution >= 0.6 is 0 Å². The van der Waals surface area contributed by atoms with E-state index in [1.807, 2.05) is 11.7 Å². The molecule has 0 radical (unpaired) electrons. The summed E-state index contributed by atoms with van der Waals surface area (Å²) in [5.74, 6) is 1.92. The molecule has 0 aliphatic carbocycles. The summed E-state index contributed by atoms with van der Waals surface area (Å²) in [4.78, 5) is 8.76. The highest BCUT2D eigenvalue weighted by Crippen LogP contribution is 2.21. The van der Waals surface area contributed by atoms with Crippen LogP contribution in [0, 0.1) is 0 Å². The van der Waals surface area contributed by atoms with Crippen LogP contribution in [0.5, 0.6) is 0 Å². The minimum atomic E-state index is -0.00147. The Morgan fingerprint density at radius 1 is 1.28 bits per heavy atom. The quantitative estimate of drug-likeness (QED) is 0.471. The first-order valence-corrected chi connectivity index (χ1v) is 10.8. The molecule has 3 N–H and O–H groups in total. The summed E-state index contributed by atoms with van der Waals surface area (Å²) in [5, 5.41) is 15.3. The smallest absolute Gasteiger partial charge is 0.191 e. The van der Waals surface area contributed by atoms with Crippen LogP contribution in [0.1, 0.15) is 57.5 Å². The fourth-order valence-corrected chi connectivity index (χ4v) is 4.04. The van der Waals surface area contributed by atoms with Crippen molar-refractivity contribution in [3.05, 3.63) is 48.0 Å². The minimum absolute atomic E-state index is 0.00147. The van der Waals surface area contributed by atoms with Gasteiger partial charge in [0.05, 0.1) is 6.54 Å². The fraction of sp³-hybridized carbons (Fsp3) is 0.591. The van der Waals surface area contributed by atoms with Gasteiger partial charge < -0.3 is 16.0 Å². The van der Waals surface area contributed by atoms with E-state index in [1.165, 1.54) is 5.56 Å². The molecule has 2 heterocycles. The van der Waals surface area contributed by atoms with E-state index in [-0.39, 0.29) is 11.6 Å². The van der Waals surface area contributed by atoms with Gasteiger partial charge in [0, 0.05) is 37.6 Å². The molecule has 0 amide bonds. The van der Waals surface area contributed by atoms with Gasteiger partial charge >= 0.3 is 0 Å². The topological polar surface area (TPSA) is 79.2 Å². The van der Waals surface area contributed by atoms with Gasteiger partial charge in [-0.05, 0) is 31.7 Å². The fourth-order valence-electron chi connectivity index (χ4n) is 4.04. The summed E-state index contributed by atoms with van der Waals surface area (Å²) in [6.45, 7) is 8.38. The maximum atomic E-state index is 4.46. The molecule has 2 unspecified atom stereocenters. The third-order valence-electron chi connectivity index (χ3n) is 6.14. The number of nitrogens with one attached hydrogen (secondary N) is 3. The van der Waals surface area contributed by atoms with Crippen LogP contribution < -0.4 is 16.0 Å². The van der Waals surface area contributed by atoms with E-state index in [0.717, 1.165) is 50.6 Å². The second-order valence-corrected chi connectivity index (χ2v) is 7.93. The monoisotopic (exact) mass is 397 g/mol. The molecule has 2 aromatic rings. The largest absolute Gasteiger partial charge is 0.355 e. The molecule has 0 fully saturated rings. The molecule has 7 heteroatoms. The van der Waals surface area contributed by atoms with E-state index in [0.29, 0.717) is 6.04 Å². The number of hydrogen-bond donors (Lipinski definition) is 3. The molecular formula is C22H35N7. The maximum Gasteiger partial charge on any atom is 0.191 e. The lowest BCUT2D eigenvalue weighted by atomic mass is 9.90. The lowest BCUT2D eigenvalue weighted by Crippen LogP contribution is -2.56. The standard InChI is InChI=1S/C22H35N7/c1-5-22(6-2,28-17(3)18-10-8-7-9-11-18)15-24-21(23-4)27-19-12-13-20-25-16-26-29(20)14-19/h7-11,16-17,19,28H,5-6,12-15H2,1-4H3,(H2,23,24,27). The van der Waals surface area contributed by atoms with Crippen LogP contribution in [0.2, 0.25) is 0 Å². The number of guanidine groups is 1. The molecule has 1 aliphatic heterocycles. The SMILES string of the molecule is CCC(CC)(CNC(=NC)NC1CCc2ncnn2C1)NC(C)c1ccccc1. The van der Waals surface area contributed by atoms with Crippen molar-refractivity contribution < 1.29 is 0 Å². The summed E-state index contributed by atoms with van der Waals surface area (Å²) in [6.07, 6.45) is 5.70. The predicted octanol–water partition coefficient (Wildman–Crippen LogP) is 2.67. The Balaban J connectivity index is 1.58. The van der Waals surface area contributed by atoms with Crippen LogP contribution in [0.3, 0.4) is 0 Å². The van der Waals surface area contributed by atoms with Gasteiger partial charge in [-0.2, -0.15) is 5.10 Å². The first-order valence-electron chi connectivity index (χ1n) is 10.8. The molecule has 0 saturated carbocycles. The second-order valence-electron chi connectivity index (χ2n) is 7.93. The van der Waals surface area contributed by atoms with Gasteiger partial charge in [-0.1, -0.05) is 44.2 Å². The number of aliphatic imine (C=N–C) groups is 1. The number of benzene rings is 1. The van der Waals surface area contributed by atoms with Gasteiger partial charge in [-0.25, -0.2) is 9.67 Å². The number of fused-ring (bicyclic) bond motifs is 1. The predicted molar refractivity (Wildman–Crippen MR) is 118 cm³/mol. The number of aryl methyl sites for hydroxylation is 1. The number of aromatic nitrogens is 3. The van der Waals surface area contributed by atoms with Crippen LogP contribution in [0.4, 0.5) is 0 Å². The molecule has 0 saturated heterocycles. The molecule has 0 spiro atoms. The van der Waals surface area contributed by atoms with Crippen LogP contribution in [-0.2, 0) is 13.0 Å². The Hall–Kier alpha value is -2.41. The lowest BCUT2D eigenvalue weighted by molar-refractivity contribution is 0.270. The first kappa shape index (κ1) is 21.3. The molecule has 0 bridgehead atoms. The highest BCUT2D eigenvalue weighted by atomic mass is 15.4. The highest BCUT2D eigenvalue weighted by molar-refractivity contribution is 5.80. The molecule has 1 aromatic carbocycles. The zero-order valence-corrected chi connectivity index (χ0v) is 18.2. The molecule has 7 nitrogen and oxygen atoms in total. The van der Waals surface area contributed by atoms with Crippen molar-refractivity contribution in [1.29, 1.82) is 0 Å². The van der Waals surface area contributed by atoms with Crippen molar-refractivity contribution in [2.24, 2.45) is 4.99 Å². The van der Waals surface area contributed by atoms with E-state index >= 15 is 0 Å². The summed E-state index contributed by atoms with van der Waals surface area (Å²) in [5.41, 5.74) is 1.31. The third kappa shape index (κ3) is 5.35. The molecular weight excluding hydrogens is 362 g/mol. The lowest BCUT2D eigenvalue weighted by Gasteiger charge is -2.37. The second kappa shape index (κ2) is 9.87. The maximum absolute atomic E-state index is 4.46. The van der Waals surface area contributed by atoms with Gasteiger partial charge in [0.2, 0.25) is 0 Å². The van der Waals surface area contributed by atoms with Crippen LogP contribution in [-0.4, -0.2) is 45.9 Å². The zero-order valence-electron chi connectivity index (χ0n) is 18.2. The van der Waals surface area contributed by atoms with Gasteiger partial charge in [0.15, 0.2) is 5.96 Å². The molecule has 1 aromatic heterocycles. The Morgan fingerprint density at radius 3 is 2.72 bits per heavy atom. The normalized spacial score (nSPS) is 18.2. The van der Waals surface area contributed by atoms with Crippen molar-refractivity contribution in [3.8, 4) is 0 Å².